The van der Waals surface area contributed by atoms with E-state index in [9.17, 15) is 13.6 Å². The number of anilines is 1. The molecule has 0 bridgehead atoms. The number of amides is 1. The molecular weight excluding hydrogens is 357 g/mol. The van der Waals surface area contributed by atoms with E-state index in [1.54, 1.807) is 4.90 Å². The summed E-state index contributed by atoms with van der Waals surface area (Å²) in [6.45, 7) is 2.21. The zero-order valence-corrected chi connectivity index (χ0v) is 14.1. The van der Waals surface area contributed by atoms with Gasteiger partial charge < -0.3 is 9.80 Å². The van der Waals surface area contributed by atoms with Crippen LogP contribution < -0.4 is 4.90 Å². The highest BCUT2D eigenvalue weighted by Gasteiger charge is 2.25. The fourth-order valence-electron chi connectivity index (χ4n) is 2.68. The van der Waals surface area contributed by atoms with Crippen molar-refractivity contribution < 1.29 is 13.6 Å². The molecule has 7 heteroatoms. The number of halogens is 4. The summed E-state index contributed by atoms with van der Waals surface area (Å²) in [5.41, 5.74) is 1.01. The lowest BCUT2D eigenvalue weighted by Crippen LogP contribution is -2.48. The summed E-state index contributed by atoms with van der Waals surface area (Å²) in [4.78, 5) is 16.2. The first-order chi connectivity index (χ1) is 11.5. The zero-order valence-electron chi connectivity index (χ0n) is 12.6. The highest BCUT2D eigenvalue weighted by Crippen LogP contribution is 2.24. The number of rotatable bonds is 2. The van der Waals surface area contributed by atoms with Gasteiger partial charge in [0.05, 0.1) is 10.6 Å². The Balaban J connectivity index is 1.69. The molecule has 0 spiro atoms. The van der Waals surface area contributed by atoms with Gasteiger partial charge in [-0.1, -0.05) is 23.2 Å². The molecule has 0 aliphatic carbocycles. The Morgan fingerprint density at radius 2 is 1.50 bits per heavy atom. The normalized spacial score (nSPS) is 14.8. The van der Waals surface area contributed by atoms with E-state index in [-0.39, 0.29) is 10.6 Å². The van der Waals surface area contributed by atoms with Crippen molar-refractivity contribution in [3.63, 3.8) is 0 Å². The van der Waals surface area contributed by atoms with E-state index in [0.717, 1.165) is 17.8 Å². The summed E-state index contributed by atoms with van der Waals surface area (Å²) in [6, 6.07) is 9.16. The van der Waals surface area contributed by atoms with Crippen LogP contribution in [0.3, 0.4) is 0 Å². The highest BCUT2D eigenvalue weighted by molar-refractivity contribution is 6.33. The summed E-state index contributed by atoms with van der Waals surface area (Å²) >= 11 is 11.8. The largest absolute Gasteiger partial charge is 0.368 e. The van der Waals surface area contributed by atoms with Crippen molar-refractivity contribution in [2.24, 2.45) is 0 Å². The van der Waals surface area contributed by atoms with Crippen LogP contribution in [0.25, 0.3) is 0 Å². The molecule has 1 saturated heterocycles. The van der Waals surface area contributed by atoms with E-state index < -0.39 is 17.5 Å². The molecular formula is C17H14Cl2F2N2O. The molecule has 1 aliphatic rings. The molecule has 0 saturated carbocycles. The van der Waals surface area contributed by atoms with Gasteiger partial charge in [0.2, 0.25) is 0 Å². The molecule has 3 rings (SSSR count). The summed E-state index contributed by atoms with van der Waals surface area (Å²) in [7, 11) is 0. The molecule has 24 heavy (non-hydrogen) atoms. The van der Waals surface area contributed by atoms with Crippen molar-refractivity contribution in [1.82, 2.24) is 4.90 Å². The maximum Gasteiger partial charge on any atom is 0.255 e. The van der Waals surface area contributed by atoms with Gasteiger partial charge in [0.15, 0.2) is 11.6 Å². The topological polar surface area (TPSA) is 23.6 Å². The van der Waals surface area contributed by atoms with Crippen molar-refractivity contribution in [2.75, 3.05) is 31.1 Å². The minimum atomic E-state index is -1.08. The van der Waals surface area contributed by atoms with E-state index in [4.69, 9.17) is 23.2 Å². The standard InChI is InChI=1S/C17H14Cl2F2N2O/c18-11-1-3-12(4-2-11)22-5-7-23(8-6-22)17(24)13-9-15(20)16(21)10-14(13)19/h1-4,9-10H,5-8H2. The summed E-state index contributed by atoms with van der Waals surface area (Å²) in [6.07, 6.45) is 0. The predicted octanol–water partition coefficient (Wildman–Crippen LogP) is 4.23. The number of carbonyl (C=O) groups excluding carboxylic acids is 1. The maximum absolute atomic E-state index is 13.4. The van der Waals surface area contributed by atoms with Crippen LogP contribution in [-0.2, 0) is 0 Å². The second-order valence-corrected chi connectivity index (χ2v) is 6.35. The molecule has 0 radical (unpaired) electrons. The van der Waals surface area contributed by atoms with Crippen molar-refractivity contribution in [2.45, 2.75) is 0 Å². The average molecular weight is 371 g/mol. The quantitative estimate of drug-likeness (QED) is 0.738. The first-order valence-corrected chi connectivity index (χ1v) is 8.15. The minimum Gasteiger partial charge on any atom is -0.368 e. The van der Waals surface area contributed by atoms with Crippen LogP contribution in [0.2, 0.25) is 10.0 Å². The van der Waals surface area contributed by atoms with Gasteiger partial charge in [0.1, 0.15) is 0 Å². The Kier molecular flexibility index (Phi) is 4.92. The van der Waals surface area contributed by atoms with Crippen LogP contribution in [0.15, 0.2) is 36.4 Å². The average Bonchev–Trinajstić information content (AvgIpc) is 2.58. The van der Waals surface area contributed by atoms with Crippen LogP contribution >= 0.6 is 23.2 Å². The summed E-state index contributed by atoms with van der Waals surface area (Å²) in [5, 5.41) is 0.583. The van der Waals surface area contributed by atoms with E-state index >= 15 is 0 Å². The van der Waals surface area contributed by atoms with Gasteiger partial charge in [0.25, 0.3) is 5.91 Å². The summed E-state index contributed by atoms with van der Waals surface area (Å²) < 4.78 is 26.5. The van der Waals surface area contributed by atoms with Gasteiger partial charge in [-0.25, -0.2) is 8.78 Å². The Morgan fingerprint density at radius 1 is 0.917 bits per heavy atom. The zero-order chi connectivity index (χ0) is 17.3. The SMILES string of the molecule is O=C(c1cc(F)c(F)cc1Cl)N1CCN(c2ccc(Cl)cc2)CC1. The monoisotopic (exact) mass is 370 g/mol. The van der Waals surface area contributed by atoms with Crippen molar-refractivity contribution in [3.8, 4) is 0 Å². The number of nitrogens with zero attached hydrogens (tertiary/aromatic N) is 2. The minimum absolute atomic E-state index is 0.0180. The second kappa shape index (κ2) is 6.95. The second-order valence-electron chi connectivity index (χ2n) is 5.50. The Hall–Kier alpha value is -1.85. The molecule has 2 aromatic rings. The molecule has 2 aromatic carbocycles. The van der Waals surface area contributed by atoms with Crippen LogP contribution in [0.4, 0.5) is 14.5 Å². The van der Waals surface area contributed by atoms with E-state index in [1.165, 1.54) is 0 Å². The van der Waals surface area contributed by atoms with Gasteiger partial charge in [-0.2, -0.15) is 0 Å². The first-order valence-electron chi connectivity index (χ1n) is 7.40. The third-order valence-corrected chi connectivity index (χ3v) is 4.56. The van der Waals surface area contributed by atoms with Crippen molar-refractivity contribution in [3.05, 3.63) is 63.6 Å². The molecule has 0 atom stereocenters. The van der Waals surface area contributed by atoms with Gasteiger partial charge in [-0.05, 0) is 36.4 Å². The third kappa shape index (κ3) is 3.47. The van der Waals surface area contributed by atoms with Gasteiger partial charge in [-0.15, -0.1) is 0 Å². The van der Waals surface area contributed by atoms with Crippen LogP contribution in [0.1, 0.15) is 10.4 Å². The number of hydrogen-bond acceptors (Lipinski definition) is 2. The summed E-state index contributed by atoms with van der Waals surface area (Å²) in [5.74, 6) is -2.54. The van der Waals surface area contributed by atoms with Crippen LogP contribution in [-0.4, -0.2) is 37.0 Å². The molecule has 1 fully saturated rings. The van der Waals surface area contributed by atoms with Gasteiger partial charge in [0, 0.05) is 36.9 Å². The van der Waals surface area contributed by atoms with Gasteiger partial charge >= 0.3 is 0 Å². The van der Waals surface area contributed by atoms with E-state index in [2.05, 4.69) is 4.90 Å². The smallest absolute Gasteiger partial charge is 0.255 e. The third-order valence-electron chi connectivity index (χ3n) is 4.00. The molecule has 1 aliphatic heterocycles. The first kappa shape index (κ1) is 17.0. The Morgan fingerprint density at radius 3 is 2.12 bits per heavy atom. The Bertz CT molecular complexity index is 760. The van der Waals surface area contributed by atoms with Crippen molar-refractivity contribution >= 4 is 34.8 Å². The maximum atomic E-state index is 13.4. The van der Waals surface area contributed by atoms with Crippen LogP contribution in [0, 0.1) is 11.6 Å². The molecule has 3 nitrogen and oxygen atoms in total. The van der Waals surface area contributed by atoms with E-state index in [0.29, 0.717) is 31.2 Å². The fourth-order valence-corrected chi connectivity index (χ4v) is 3.03. The molecule has 0 aromatic heterocycles. The number of carbonyl (C=O) groups is 1. The highest BCUT2D eigenvalue weighted by atomic mass is 35.5. The predicted molar refractivity (Wildman–Crippen MR) is 90.9 cm³/mol. The molecule has 1 amide bonds. The fraction of sp³-hybridized carbons (Fsp3) is 0.235. The van der Waals surface area contributed by atoms with E-state index in [1.807, 2.05) is 24.3 Å². The number of benzene rings is 2. The lowest BCUT2D eigenvalue weighted by Gasteiger charge is -2.36. The van der Waals surface area contributed by atoms with Crippen molar-refractivity contribution in [1.29, 1.82) is 0 Å². The molecule has 0 unspecified atom stereocenters. The number of piperazine rings is 1. The Labute approximate surface area is 148 Å². The van der Waals surface area contributed by atoms with Gasteiger partial charge in [-0.3, -0.25) is 4.79 Å². The molecule has 126 valence electrons. The lowest BCUT2D eigenvalue weighted by molar-refractivity contribution is 0.0746. The molecule has 0 N–H and O–H groups in total. The molecule has 1 heterocycles. The lowest BCUT2D eigenvalue weighted by atomic mass is 10.1. The van der Waals surface area contributed by atoms with Crippen LogP contribution in [0.5, 0.6) is 0 Å². The number of hydrogen-bond donors (Lipinski definition) is 0.